The maximum absolute atomic E-state index is 6.05. The number of imidazole rings is 1. The number of H-pyrrole nitrogens is 1. The molecule has 0 bridgehead atoms. The van der Waals surface area contributed by atoms with E-state index in [1.54, 1.807) is 7.11 Å². The van der Waals surface area contributed by atoms with Crippen molar-refractivity contribution in [2.75, 3.05) is 7.11 Å². The Morgan fingerprint density at radius 3 is 2.57 bits per heavy atom. The molecule has 0 aliphatic heterocycles. The summed E-state index contributed by atoms with van der Waals surface area (Å²) in [5.74, 6) is 2.35. The van der Waals surface area contributed by atoms with Crippen molar-refractivity contribution >= 4 is 27.0 Å². The zero-order chi connectivity index (χ0) is 20.9. The Bertz CT molecular complexity index is 1120. The van der Waals surface area contributed by atoms with Crippen LogP contribution in [0.15, 0.2) is 65.1 Å². The van der Waals surface area contributed by atoms with E-state index in [9.17, 15) is 0 Å². The van der Waals surface area contributed by atoms with Crippen molar-refractivity contribution < 1.29 is 9.47 Å². The molecule has 0 aliphatic rings. The highest BCUT2D eigenvalue weighted by atomic mass is 79.9. The summed E-state index contributed by atoms with van der Waals surface area (Å²) >= 11 is 3.67. The van der Waals surface area contributed by atoms with E-state index in [0.29, 0.717) is 31.2 Å². The molecule has 0 saturated heterocycles. The highest BCUT2D eigenvalue weighted by Gasteiger charge is 2.11. The van der Waals surface area contributed by atoms with Crippen LogP contribution in [0, 0.1) is 6.92 Å². The molecule has 1 aromatic heterocycles. The molecule has 0 fully saturated rings. The van der Waals surface area contributed by atoms with Gasteiger partial charge in [-0.15, -0.1) is 0 Å². The molecule has 0 radical (unpaired) electrons. The molecule has 4 aromatic rings. The number of rotatable bonds is 8. The Morgan fingerprint density at radius 2 is 1.77 bits per heavy atom. The molecule has 0 aliphatic carbocycles. The maximum Gasteiger partial charge on any atom is 0.162 e. The van der Waals surface area contributed by atoms with Crippen LogP contribution in [0.2, 0.25) is 0 Å². The molecule has 0 amide bonds. The van der Waals surface area contributed by atoms with Crippen LogP contribution in [0.3, 0.4) is 0 Å². The minimum absolute atomic E-state index is 0.499. The molecular weight excluding hydrogens is 442 g/mol. The summed E-state index contributed by atoms with van der Waals surface area (Å²) < 4.78 is 12.6. The van der Waals surface area contributed by atoms with Crippen molar-refractivity contribution in [2.45, 2.75) is 26.6 Å². The van der Waals surface area contributed by atoms with Gasteiger partial charge >= 0.3 is 0 Å². The zero-order valence-electron chi connectivity index (χ0n) is 17.0. The predicted molar refractivity (Wildman–Crippen MR) is 123 cm³/mol. The van der Waals surface area contributed by atoms with E-state index in [0.717, 1.165) is 32.5 Å². The molecule has 30 heavy (non-hydrogen) atoms. The van der Waals surface area contributed by atoms with Crippen molar-refractivity contribution in [1.29, 1.82) is 0 Å². The van der Waals surface area contributed by atoms with Gasteiger partial charge in [0.15, 0.2) is 11.5 Å². The highest BCUT2D eigenvalue weighted by molar-refractivity contribution is 9.10. The Hall–Kier alpha value is -2.83. The number of hydrogen-bond acceptors (Lipinski definition) is 4. The van der Waals surface area contributed by atoms with E-state index in [-0.39, 0.29) is 0 Å². The van der Waals surface area contributed by atoms with E-state index >= 15 is 0 Å². The van der Waals surface area contributed by atoms with Crippen molar-refractivity contribution in [2.24, 2.45) is 0 Å². The van der Waals surface area contributed by atoms with Gasteiger partial charge in [-0.25, -0.2) is 4.98 Å². The Kier molecular flexibility index (Phi) is 6.35. The number of nitrogens with zero attached hydrogens (tertiary/aromatic N) is 1. The van der Waals surface area contributed by atoms with Gasteiger partial charge in [-0.05, 0) is 47.9 Å². The summed E-state index contributed by atoms with van der Waals surface area (Å²) in [4.78, 5) is 7.93. The number of para-hydroxylation sites is 2. The lowest BCUT2D eigenvalue weighted by molar-refractivity contribution is 0.283. The van der Waals surface area contributed by atoms with Crippen molar-refractivity contribution in [3.8, 4) is 11.5 Å². The first-order chi connectivity index (χ1) is 14.6. The van der Waals surface area contributed by atoms with Crippen LogP contribution >= 0.6 is 15.9 Å². The molecule has 2 N–H and O–H groups in total. The molecule has 0 unspecified atom stereocenters. The predicted octanol–water partition coefficient (Wildman–Crippen LogP) is 5.51. The normalized spacial score (nSPS) is 11.0. The first-order valence-electron chi connectivity index (χ1n) is 9.82. The number of aromatic nitrogens is 2. The lowest BCUT2D eigenvalue weighted by Gasteiger charge is -2.15. The number of nitrogens with one attached hydrogen (secondary N) is 2. The van der Waals surface area contributed by atoms with Crippen molar-refractivity contribution in [1.82, 2.24) is 15.3 Å². The summed E-state index contributed by atoms with van der Waals surface area (Å²) in [7, 11) is 1.66. The third-order valence-electron chi connectivity index (χ3n) is 5.02. The number of halogens is 1. The lowest BCUT2D eigenvalue weighted by atomic mass is 10.1. The minimum Gasteiger partial charge on any atom is -0.493 e. The topological polar surface area (TPSA) is 59.2 Å². The lowest BCUT2D eigenvalue weighted by Crippen LogP contribution is -2.14. The fourth-order valence-corrected chi connectivity index (χ4v) is 3.78. The van der Waals surface area contributed by atoms with Crippen LogP contribution < -0.4 is 14.8 Å². The van der Waals surface area contributed by atoms with Crippen LogP contribution in [0.25, 0.3) is 11.0 Å². The molecule has 6 heteroatoms. The van der Waals surface area contributed by atoms with Crippen LogP contribution in [-0.2, 0) is 19.7 Å². The summed E-state index contributed by atoms with van der Waals surface area (Å²) in [6, 6.07) is 20.2. The first kappa shape index (κ1) is 20.4. The third kappa shape index (κ3) is 4.66. The summed E-state index contributed by atoms with van der Waals surface area (Å²) in [5.41, 5.74) is 5.49. The quantitative estimate of drug-likeness (QED) is 0.360. The van der Waals surface area contributed by atoms with Gasteiger partial charge in [-0.1, -0.05) is 52.3 Å². The Morgan fingerprint density at radius 1 is 0.967 bits per heavy atom. The van der Waals surface area contributed by atoms with E-state index in [2.05, 4.69) is 50.3 Å². The van der Waals surface area contributed by atoms with Crippen LogP contribution in [0.4, 0.5) is 0 Å². The van der Waals surface area contributed by atoms with Crippen LogP contribution in [0.1, 0.15) is 22.5 Å². The SMILES string of the molecule is COc1cc(CNCc2nc3ccccc3[nH]2)c(Br)cc1OCc1ccccc1C. The maximum atomic E-state index is 6.05. The van der Waals surface area contributed by atoms with E-state index in [1.807, 2.05) is 48.5 Å². The number of ether oxygens (including phenoxy) is 2. The van der Waals surface area contributed by atoms with Gasteiger partial charge < -0.3 is 19.8 Å². The van der Waals surface area contributed by atoms with E-state index < -0.39 is 0 Å². The van der Waals surface area contributed by atoms with Gasteiger partial charge in [-0.2, -0.15) is 0 Å². The number of aryl methyl sites for hydroxylation is 1. The fraction of sp³-hybridized carbons (Fsp3) is 0.208. The average Bonchev–Trinajstić information content (AvgIpc) is 3.17. The van der Waals surface area contributed by atoms with Gasteiger partial charge in [0.05, 0.1) is 24.7 Å². The molecule has 0 saturated carbocycles. The van der Waals surface area contributed by atoms with Gasteiger partial charge in [0.25, 0.3) is 0 Å². The second-order valence-electron chi connectivity index (χ2n) is 7.11. The second kappa shape index (κ2) is 9.32. The molecule has 3 aromatic carbocycles. The number of hydrogen-bond donors (Lipinski definition) is 2. The Labute approximate surface area is 184 Å². The van der Waals surface area contributed by atoms with E-state index in [1.165, 1.54) is 5.56 Å². The molecule has 1 heterocycles. The monoisotopic (exact) mass is 465 g/mol. The second-order valence-corrected chi connectivity index (χ2v) is 7.97. The number of aromatic amines is 1. The van der Waals surface area contributed by atoms with Gasteiger partial charge in [0.2, 0.25) is 0 Å². The minimum atomic E-state index is 0.499. The molecule has 154 valence electrons. The summed E-state index contributed by atoms with van der Waals surface area (Å²) in [6.45, 7) is 3.91. The van der Waals surface area contributed by atoms with Gasteiger partial charge in [-0.3, -0.25) is 0 Å². The first-order valence-corrected chi connectivity index (χ1v) is 10.6. The number of methoxy groups -OCH3 is 1. The van der Waals surface area contributed by atoms with Gasteiger partial charge in [0, 0.05) is 11.0 Å². The van der Waals surface area contributed by atoms with Gasteiger partial charge in [0.1, 0.15) is 12.4 Å². The molecule has 4 rings (SSSR count). The van der Waals surface area contributed by atoms with Crippen LogP contribution in [0.5, 0.6) is 11.5 Å². The molecule has 5 nitrogen and oxygen atoms in total. The smallest absolute Gasteiger partial charge is 0.162 e. The highest BCUT2D eigenvalue weighted by Crippen LogP contribution is 2.34. The van der Waals surface area contributed by atoms with Crippen LogP contribution in [-0.4, -0.2) is 17.1 Å². The molecule has 0 spiro atoms. The molecular formula is C24H24BrN3O2. The molecule has 0 atom stereocenters. The third-order valence-corrected chi connectivity index (χ3v) is 5.76. The summed E-state index contributed by atoms with van der Waals surface area (Å²) in [6.07, 6.45) is 0. The standard InChI is InChI=1S/C24H24BrN3O2/c1-16-7-3-4-8-17(16)15-30-23-12-19(25)18(11-22(23)29-2)13-26-14-24-27-20-9-5-6-10-21(20)28-24/h3-12,26H,13-15H2,1-2H3,(H,27,28). The van der Waals surface area contributed by atoms with Crippen molar-refractivity contribution in [3.63, 3.8) is 0 Å². The largest absolute Gasteiger partial charge is 0.493 e. The number of benzene rings is 3. The van der Waals surface area contributed by atoms with Crippen molar-refractivity contribution in [3.05, 3.63) is 87.7 Å². The fourth-order valence-electron chi connectivity index (χ4n) is 3.32. The number of fused-ring (bicyclic) bond motifs is 1. The Balaban J connectivity index is 1.41. The van der Waals surface area contributed by atoms with E-state index in [4.69, 9.17) is 9.47 Å². The zero-order valence-corrected chi connectivity index (χ0v) is 18.6. The summed E-state index contributed by atoms with van der Waals surface area (Å²) in [5, 5.41) is 3.44. The average molecular weight is 466 g/mol.